The maximum Gasteiger partial charge on any atom is 0.271 e. The lowest BCUT2D eigenvalue weighted by atomic mass is 10.00. The van der Waals surface area contributed by atoms with Crippen molar-refractivity contribution in [2.45, 2.75) is 13.0 Å². The summed E-state index contributed by atoms with van der Waals surface area (Å²) in [5.41, 5.74) is 2.90. The molecule has 1 aliphatic rings. The Kier molecular flexibility index (Phi) is 5.27. The second-order valence-corrected chi connectivity index (χ2v) is 6.12. The molecule has 2 N–H and O–H groups in total. The van der Waals surface area contributed by atoms with E-state index in [-0.39, 0.29) is 5.91 Å². The van der Waals surface area contributed by atoms with E-state index in [2.05, 4.69) is 31.8 Å². The Hall–Kier alpha value is -2.18. The minimum Gasteiger partial charge on any atom is -0.367 e. The Balaban J connectivity index is 1.50. The Labute approximate surface area is 146 Å². The molecule has 0 bridgehead atoms. The zero-order valence-electron chi connectivity index (χ0n) is 13.6. The number of carbonyl (C=O) groups excluding carboxylic acids is 1. The lowest BCUT2D eigenvalue weighted by Gasteiger charge is -2.29. The van der Waals surface area contributed by atoms with Gasteiger partial charge in [0.05, 0.1) is 0 Å². The van der Waals surface area contributed by atoms with Gasteiger partial charge in [-0.2, -0.15) is 0 Å². The Morgan fingerprint density at radius 2 is 2.17 bits per heavy atom. The third-order valence-corrected chi connectivity index (χ3v) is 4.50. The summed E-state index contributed by atoms with van der Waals surface area (Å²) in [5, 5.41) is 14.6. The van der Waals surface area contributed by atoms with Gasteiger partial charge in [0.15, 0.2) is 5.69 Å². The summed E-state index contributed by atoms with van der Waals surface area (Å²) in [5.74, 6) is 0.433. The molecular formula is C17H20ClN5O. The molecule has 7 heteroatoms. The second kappa shape index (κ2) is 7.59. The van der Waals surface area contributed by atoms with Crippen LogP contribution in [0.3, 0.4) is 0 Å². The van der Waals surface area contributed by atoms with Crippen LogP contribution < -0.4 is 10.6 Å². The highest BCUT2D eigenvalue weighted by atomic mass is 35.5. The van der Waals surface area contributed by atoms with E-state index in [0.29, 0.717) is 11.5 Å². The summed E-state index contributed by atoms with van der Waals surface area (Å²) >= 11 is 6.25. The van der Waals surface area contributed by atoms with Crippen LogP contribution in [0, 0.1) is 0 Å². The van der Waals surface area contributed by atoms with Gasteiger partial charge in [-0.15, -0.1) is 10.2 Å². The maximum absolute atomic E-state index is 11.4. The van der Waals surface area contributed by atoms with Crippen molar-refractivity contribution in [2.24, 2.45) is 0 Å². The van der Waals surface area contributed by atoms with Gasteiger partial charge in [0.1, 0.15) is 5.82 Å². The van der Waals surface area contributed by atoms with Gasteiger partial charge < -0.3 is 10.6 Å². The minimum atomic E-state index is -0.236. The summed E-state index contributed by atoms with van der Waals surface area (Å²) in [6, 6.07) is 9.53. The van der Waals surface area contributed by atoms with Crippen molar-refractivity contribution in [3.8, 4) is 0 Å². The highest BCUT2D eigenvalue weighted by Crippen LogP contribution is 2.25. The van der Waals surface area contributed by atoms with Crippen LogP contribution in [0.1, 0.15) is 21.6 Å². The van der Waals surface area contributed by atoms with E-state index in [9.17, 15) is 4.79 Å². The Morgan fingerprint density at radius 3 is 2.92 bits per heavy atom. The lowest BCUT2D eigenvalue weighted by molar-refractivity contribution is 0.0957. The molecule has 0 fully saturated rings. The molecular weight excluding hydrogens is 326 g/mol. The Morgan fingerprint density at radius 1 is 1.29 bits per heavy atom. The van der Waals surface area contributed by atoms with Crippen molar-refractivity contribution in [1.29, 1.82) is 0 Å². The number of halogens is 1. The number of hydrogen-bond acceptors (Lipinski definition) is 5. The number of fused-ring (bicyclic) bond motifs is 1. The molecule has 6 nitrogen and oxygen atoms in total. The molecule has 1 amide bonds. The van der Waals surface area contributed by atoms with E-state index in [1.54, 1.807) is 19.2 Å². The van der Waals surface area contributed by atoms with Gasteiger partial charge in [-0.05, 0) is 35.7 Å². The van der Waals surface area contributed by atoms with Crippen LogP contribution in [0.25, 0.3) is 0 Å². The SMILES string of the molecule is CNC(=O)c1ccc(NCCN2CCc3c(Cl)cccc3C2)nn1. The first kappa shape index (κ1) is 16.7. The first-order chi connectivity index (χ1) is 11.7. The summed E-state index contributed by atoms with van der Waals surface area (Å²) in [6.45, 7) is 3.59. The number of rotatable bonds is 5. The molecule has 0 aliphatic carbocycles. The normalized spacial score (nSPS) is 14.1. The molecule has 2 heterocycles. The molecule has 1 aliphatic heterocycles. The zero-order chi connectivity index (χ0) is 16.9. The predicted molar refractivity (Wildman–Crippen MR) is 94.3 cm³/mol. The van der Waals surface area contributed by atoms with Crippen LogP contribution in [0.2, 0.25) is 5.02 Å². The fraction of sp³-hybridized carbons (Fsp3) is 0.353. The molecule has 1 aromatic carbocycles. The van der Waals surface area contributed by atoms with E-state index in [0.717, 1.165) is 37.6 Å². The molecule has 0 saturated heterocycles. The van der Waals surface area contributed by atoms with Gasteiger partial charge >= 0.3 is 0 Å². The van der Waals surface area contributed by atoms with Gasteiger partial charge in [0.2, 0.25) is 0 Å². The molecule has 1 aromatic heterocycles. The molecule has 0 radical (unpaired) electrons. The first-order valence-corrected chi connectivity index (χ1v) is 8.33. The maximum atomic E-state index is 11.4. The van der Waals surface area contributed by atoms with Crippen molar-refractivity contribution in [1.82, 2.24) is 20.4 Å². The standard InChI is InChI=1S/C17H20ClN5O/c1-19-17(24)15-5-6-16(22-21-15)20-8-10-23-9-7-13-12(11-23)3-2-4-14(13)18/h2-6H,7-11H2,1H3,(H,19,24)(H,20,22). The number of nitrogens with zero attached hydrogens (tertiary/aromatic N) is 3. The third kappa shape index (κ3) is 3.83. The van der Waals surface area contributed by atoms with Gasteiger partial charge in [-0.1, -0.05) is 23.7 Å². The molecule has 24 heavy (non-hydrogen) atoms. The van der Waals surface area contributed by atoms with E-state index in [4.69, 9.17) is 11.6 Å². The molecule has 0 unspecified atom stereocenters. The first-order valence-electron chi connectivity index (χ1n) is 7.95. The van der Waals surface area contributed by atoms with Gasteiger partial charge in [-0.25, -0.2) is 0 Å². The summed E-state index contributed by atoms with van der Waals surface area (Å²) in [7, 11) is 1.57. The van der Waals surface area contributed by atoms with Crippen LogP contribution in [-0.4, -0.2) is 47.7 Å². The lowest BCUT2D eigenvalue weighted by Crippen LogP contribution is -2.34. The van der Waals surface area contributed by atoms with Gasteiger partial charge in [0.25, 0.3) is 5.91 Å². The number of hydrogen-bond donors (Lipinski definition) is 2. The van der Waals surface area contributed by atoms with Crippen molar-refractivity contribution >= 4 is 23.3 Å². The Bertz CT molecular complexity index is 719. The largest absolute Gasteiger partial charge is 0.367 e. The second-order valence-electron chi connectivity index (χ2n) is 5.71. The quantitative estimate of drug-likeness (QED) is 0.867. The van der Waals surface area contributed by atoms with Crippen LogP contribution in [0.5, 0.6) is 0 Å². The fourth-order valence-electron chi connectivity index (χ4n) is 2.83. The van der Waals surface area contributed by atoms with E-state index < -0.39 is 0 Å². The molecule has 3 rings (SSSR count). The number of benzene rings is 1. The van der Waals surface area contributed by atoms with Crippen molar-refractivity contribution in [3.05, 3.63) is 52.2 Å². The predicted octanol–water partition coefficient (Wildman–Crippen LogP) is 1.96. The highest BCUT2D eigenvalue weighted by Gasteiger charge is 2.17. The van der Waals surface area contributed by atoms with Crippen LogP contribution in [0.4, 0.5) is 5.82 Å². The number of carbonyl (C=O) groups is 1. The number of nitrogens with one attached hydrogen (secondary N) is 2. The number of anilines is 1. The van der Waals surface area contributed by atoms with Crippen LogP contribution in [-0.2, 0) is 13.0 Å². The van der Waals surface area contributed by atoms with Crippen LogP contribution >= 0.6 is 11.6 Å². The molecule has 0 saturated carbocycles. The topological polar surface area (TPSA) is 70.2 Å². The number of amides is 1. The minimum absolute atomic E-state index is 0.236. The van der Waals surface area contributed by atoms with E-state index in [1.165, 1.54) is 11.1 Å². The van der Waals surface area contributed by atoms with Gasteiger partial charge in [-0.3, -0.25) is 9.69 Å². The summed E-state index contributed by atoms with van der Waals surface area (Å²) < 4.78 is 0. The zero-order valence-corrected chi connectivity index (χ0v) is 14.3. The smallest absolute Gasteiger partial charge is 0.271 e. The highest BCUT2D eigenvalue weighted by molar-refractivity contribution is 6.31. The van der Waals surface area contributed by atoms with Crippen LogP contribution in [0.15, 0.2) is 30.3 Å². The average molecular weight is 346 g/mol. The average Bonchev–Trinajstić information content (AvgIpc) is 2.62. The molecule has 2 aromatic rings. The monoisotopic (exact) mass is 345 g/mol. The molecule has 126 valence electrons. The van der Waals surface area contributed by atoms with Crippen molar-refractivity contribution < 1.29 is 4.79 Å². The van der Waals surface area contributed by atoms with E-state index >= 15 is 0 Å². The number of aromatic nitrogens is 2. The van der Waals surface area contributed by atoms with Gasteiger partial charge in [0, 0.05) is 38.2 Å². The fourth-order valence-corrected chi connectivity index (χ4v) is 3.12. The van der Waals surface area contributed by atoms with E-state index in [1.807, 2.05) is 12.1 Å². The molecule has 0 atom stereocenters. The summed E-state index contributed by atoms with van der Waals surface area (Å²) in [4.78, 5) is 13.8. The summed E-state index contributed by atoms with van der Waals surface area (Å²) in [6.07, 6.45) is 0.982. The third-order valence-electron chi connectivity index (χ3n) is 4.15. The van der Waals surface area contributed by atoms with Crippen molar-refractivity contribution in [2.75, 3.05) is 32.0 Å². The molecule has 0 spiro atoms. The van der Waals surface area contributed by atoms with Crippen molar-refractivity contribution in [3.63, 3.8) is 0 Å².